The number of hydrogen-bond donors (Lipinski definition) is 0. The first-order chi connectivity index (χ1) is 10.5. The average molecular weight is 294 g/mol. The largest absolute Gasteiger partial charge is 0.439 e. The maximum Gasteiger partial charge on any atom is 0.223 e. The summed E-state index contributed by atoms with van der Waals surface area (Å²) in [6.07, 6.45) is 0. The van der Waals surface area contributed by atoms with Crippen molar-refractivity contribution in [3.05, 3.63) is 40.8 Å². The minimum Gasteiger partial charge on any atom is -0.439 e. The van der Waals surface area contributed by atoms with Gasteiger partial charge in [0, 0.05) is 12.5 Å². The van der Waals surface area contributed by atoms with Gasteiger partial charge in [-0.05, 0) is 32.0 Å². The molecule has 1 aromatic carbocycles. The highest BCUT2D eigenvalue weighted by Gasteiger charge is 2.19. The molecule has 0 aliphatic heterocycles. The first-order valence-corrected chi connectivity index (χ1v) is 7.20. The molecule has 0 spiro atoms. The summed E-state index contributed by atoms with van der Waals surface area (Å²) in [5, 5.41) is 18.1. The minimum absolute atomic E-state index is 0.219. The lowest BCUT2D eigenvalue weighted by Crippen LogP contribution is -2.02. The topological polar surface area (TPSA) is 74.6 Å². The molecule has 0 atom stereocenters. The van der Waals surface area contributed by atoms with E-state index in [1.54, 1.807) is 18.2 Å². The third kappa shape index (κ3) is 2.94. The van der Waals surface area contributed by atoms with Gasteiger partial charge in [0.05, 0.1) is 23.3 Å². The van der Waals surface area contributed by atoms with Crippen LogP contribution in [0.25, 0.3) is 0 Å². The van der Waals surface area contributed by atoms with E-state index < -0.39 is 0 Å². The molecule has 0 aliphatic rings. The normalized spacial score (nSPS) is 10.3. The molecule has 2 aromatic rings. The summed E-state index contributed by atoms with van der Waals surface area (Å²) < 4.78 is 7.98. The van der Waals surface area contributed by atoms with Crippen LogP contribution in [-0.2, 0) is 6.54 Å². The number of rotatable bonds is 4. The highest BCUT2D eigenvalue weighted by atomic mass is 16.5. The highest BCUT2D eigenvalue weighted by molar-refractivity contribution is 5.46. The van der Waals surface area contributed by atoms with Gasteiger partial charge < -0.3 is 4.74 Å². The van der Waals surface area contributed by atoms with Gasteiger partial charge in [-0.1, -0.05) is 13.8 Å². The van der Waals surface area contributed by atoms with E-state index in [0.29, 0.717) is 22.8 Å². The number of imidazole rings is 1. The van der Waals surface area contributed by atoms with Gasteiger partial charge in [0.2, 0.25) is 5.88 Å². The molecule has 5 heteroatoms. The predicted octanol–water partition coefficient (Wildman–Crippen LogP) is 3.87. The van der Waals surface area contributed by atoms with Crippen molar-refractivity contribution in [1.29, 1.82) is 10.5 Å². The first kappa shape index (κ1) is 15.6. The molecule has 0 saturated heterocycles. The van der Waals surface area contributed by atoms with E-state index in [4.69, 9.17) is 15.3 Å². The number of nitriles is 2. The minimum atomic E-state index is 0.219. The first-order valence-electron chi connectivity index (χ1n) is 7.20. The zero-order valence-electron chi connectivity index (χ0n) is 13.2. The summed E-state index contributed by atoms with van der Waals surface area (Å²) in [5.74, 6) is 2.26. The Labute approximate surface area is 130 Å². The predicted molar refractivity (Wildman–Crippen MR) is 82.7 cm³/mol. The van der Waals surface area contributed by atoms with Gasteiger partial charge >= 0.3 is 0 Å². The summed E-state index contributed by atoms with van der Waals surface area (Å²) in [6, 6.07) is 8.90. The molecule has 0 unspecified atom stereocenters. The Morgan fingerprint density at radius 2 is 1.77 bits per heavy atom. The molecule has 0 N–H and O–H groups in total. The number of aryl methyl sites for hydroxylation is 1. The smallest absolute Gasteiger partial charge is 0.223 e. The Morgan fingerprint density at radius 3 is 2.23 bits per heavy atom. The van der Waals surface area contributed by atoms with Gasteiger partial charge in [0.1, 0.15) is 17.3 Å². The van der Waals surface area contributed by atoms with Crippen LogP contribution in [0.3, 0.4) is 0 Å². The van der Waals surface area contributed by atoms with E-state index in [-0.39, 0.29) is 5.92 Å². The van der Waals surface area contributed by atoms with E-state index in [9.17, 15) is 0 Å². The molecule has 5 nitrogen and oxygen atoms in total. The zero-order valence-corrected chi connectivity index (χ0v) is 13.2. The SMILES string of the molecule is CCn1c(C)nc(C(C)C)c1Oc1cc(C#N)cc(C#N)c1. The molecular weight excluding hydrogens is 276 g/mol. The Hall–Kier alpha value is -2.79. The van der Waals surface area contributed by atoms with Crippen molar-refractivity contribution < 1.29 is 4.74 Å². The number of hydrogen-bond acceptors (Lipinski definition) is 4. The summed E-state index contributed by atoms with van der Waals surface area (Å²) in [5.41, 5.74) is 1.68. The van der Waals surface area contributed by atoms with Crippen LogP contribution in [-0.4, -0.2) is 9.55 Å². The molecule has 1 heterocycles. The molecule has 0 radical (unpaired) electrons. The van der Waals surface area contributed by atoms with Crippen LogP contribution in [0.15, 0.2) is 18.2 Å². The number of ether oxygens (including phenoxy) is 1. The third-order valence-corrected chi connectivity index (χ3v) is 3.38. The second-order valence-corrected chi connectivity index (χ2v) is 5.32. The van der Waals surface area contributed by atoms with E-state index in [0.717, 1.165) is 18.1 Å². The van der Waals surface area contributed by atoms with Gasteiger partial charge in [-0.25, -0.2) is 4.98 Å². The van der Waals surface area contributed by atoms with Crippen LogP contribution in [0.4, 0.5) is 0 Å². The van der Waals surface area contributed by atoms with Crippen molar-refractivity contribution in [2.45, 2.75) is 40.2 Å². The monoisotopic (exact) mass is 294 g/mol. The fraction of sp³-hybridized carbons (Fsp3) is 0.353. The summed E-state index contributed by atoms with van der Waals surface area (Å²) in [4.78, 5) is 4.57. The zero-order chi connectivity index (χ0) is 16.3. The fourth-order valence-corrected chi connectivity index (χ4v) is 2.32. The lowest BCUT2D eigenvalue weighted by Gasteiger charge is -2.12. The molecule has 1 aromatic heterocycles. The summed E-state index contributed by atoms with van der Waals surface area (Å²) >= 11 is 0. The molecule has 112 valence electrons. The van der Waals surface area contributed by atoms with Crippen LogP contribution in [0.5, 0.6) is 11.6 Å². The van der Waals surface area contributed by atoms with Crippen molar-refractivity contribution in [3.8, 4) is 23.8 Å². The molecule has 0 amide bonds. The molecule has 0 aliphatic carbocycles. The lowest BCUT2D eigenvalue weighted by molar-refractivity contribution is 0.422. The maximum absolute atomic E-state index is 9.06. The average Bonchev–Trinajstić information content (AvgIpc) is 2.82. The van der Waals surface area contributed by atoms with Crippen LogP contribution in [0.2, 0.25) is 0 Å². The second kappa shape index (κ2) is 6.32. The molecule has 2 rings (SSSR count). The summed E-state index contributed by atoms with van der Waals surface area (Å²) in [7, 11) is 0. The van der Waals surface area contributed by atoms with Gasteiger partial charge in [0.25, 0.3) is 0 Å². The van der Waals surface area contributed by atoms with Crippen molar-refractivity contribution in [2.75, 3.05) is 0 Å². The third-order valence-electron chi connectivity index (χ3n) is 3.38. The van der Waals surface area contributed by atoms with E-state index in [1.807, 2.05) is 30.6 Å². The van der Waals surface area contributed by atoms with Crippen molar-refractivity contribution in [2.24, 2.45) is 0 Å². The van der Waals surface area contributed by atoms with Gasteiger partial charge in [-0.2, -0.15) is 10.5 Å². The maximum atomic E-state index is 9.06. The molecule has 0 bridgehead atoms. The fourth-order valence-electron chi connectivity index (χ4n) is 2.32. The van der Waals surface area contributed by atoms with Crippen LogP contribution < -0.4 is 4.74 Å². The number of aromatic nitrogens is 2. The molecule has 0 fully saturated rings. The van der Waals surface area contributed by atoms with E-state index in [1.165, 1.54) is 0 Å². The Balaban J connectivity index is 2.52. The molecular formula is C17H18N4O. The van der Waals surface area contributed by atoms with Crippen LogP contribution in [0, 0.1) is 29.6 Å². The quantitative estimate of drug-likeness (QED) is 0.857. The van der Waals surface area contributed by atoms with Crippen molar-refractivity contribution >= 4 is 0 Å². The second-order valence-electron chi connectivity index (χ2n) is 5.32. The number of nitrogens with zero attached hydrogens (tertiary/aromatic N) is 4. The van der Waals surface area contributed by atoms with Crippen molar-refractivity contribution in [3.63, 3.8) is 0 Å². The Kier molecular flexibility index (Phi) is 4.48. The Morgan fingerprint density at radius 1 is 1.18 bits per heavy atom. The van der Waals surface area contributed by atoms with E-state index >= 15 is 0 Å². The number of benzene rings is 1. The molecule has 0 saturated carbocycles. The van der Waals surface area contributed by atoms with Crippen LogP contribution >= 0.6 is 0 Å². The Bertz CT molecular complexity index is 743. The highest BCUT2D eigenvalue weighted by Crippen LogP contribution is 2.32. The van der Waals surface area contributed by atoms with Gasteiger partial charge in [-0.3, -0.25) is 4.57 Å². The molecule has 22 heavy (non-hydrogen) atoms. The van der Waals surface area contributed by atoms with E-state index in [2.05, 4.69) is 18.8 Å². The van der Waals surface area contributed by atoms with Gasteiger partial charge in [-0.15, -0.1) is 0 Å². The standard InChI is InChI=1S/C17H18N4O/c1-5-21-12(4)20-16(11(2)3)17(21)22-15-7-13(9-18)6-14(8-15)10-19/h6-8,11H,5H2,1-4H3. The van der Waals surface area contributed by atoms with Crippen LogP contribution in [0.1, 0.15) is 49.3 Å². The summed E-state index contributed by atoms with van der Waals surface area (Å²) in [6.45, 7) is 8.82. The van der Waals surface area contributed by atoms with Crippen molar-refractivity contribution in [1.82, 2.24) is 9.55 Å². The van der Waals surface area contributed by atoms with Gasteiger partial charge in [0.15, 0.2) is 0 Å². The lowest BCUT2D eigenvalue weighted by atomic mass is 10.1.